The van der Waals surface area contributed by atoms with Crippen molar-refractivity contribution in [1.82, 2.24) is 15.1 Å². The van der Waals surface area contributed by atoms with Crippen LogP contribution in [0, 0.1) is 12.7 Å². The van der Waals surface area contributed by atoms with Crippen LogP contribution in [0.25, 0.3) is 5.69 Å². The Morgan fingerprint density at radius 1 is 1.40 bits per heavy atom. The molecular formula is C17H22ClFN4O2. The van der Waals surface area contributed by atoms with Crippen molar-refractivity contribution in [3.8, 4) is 5.69 Å². The first kappa shape index (κ1) is 19.4. The molecule has 1 saturated heterocycles. The van der Waals surface area contributed by atoms with E-state index in [1.165, 1.54) is 12.1 Å². The van der Waals surface area contributed by atoms with Gasteiger partial charge in [0.2, 0.25) is 5.91 Å². The molecule has 1 amide bonds. The molecule has 0 radical (unpaired) electrons. The minimum atomic E-state index is -0.425. The minimum Gasteiger partial charge on any atom is -0.364 e. The molecule has 0 saturated carbocycles. The van der Waals surface area contributed by atoms with E-state index in [4.69, 9.17) is 10.5 Å². The van der Waals surface area contributed by atoms with E-state index in [1.54, 1.807) is 16.8 Å². The third kappa shape index (κ3) is 4.56. The molecule has 6 nitrogen and oxygen atoms in total. The molecule has 136 valence electrons. The standard InChI is InChI=1S/C17H21FN4O2.ClH/c1-11-12(9-20-17(23)16-7-6-15(8-19)24-16)10-22(21-11)14-4-2-13(18)3-5-14;/h2-5,10,15-16H,6-9,19H2,1H3,(H,20,23);1H/t15-,16+;/m1./s1. The van der Waals surface area contributed by atoms with Gasteiger partial charge in [0, 0.05) is 24.8 Å². The fourth-order valence-electron chi connectivity index (χ4n) is 2.76. The second-order valence-electron chi connectivity index (χ2n) is 5.94. The van der Waals surface area contributed by atoms with Gasteiger partial charge in [-0.15, -0.1) is 12.4 Å². The van der Waals surface area contributed by atoms with Gasteiger partial charge in [0.05, 0.1) is 17.5 Å². The van der Waals surface area contributed by atoms with Crippen molar-refractivity contribution in [3.63, 3.8) is 0 Å². The van der Waals surface area contributed by atoms with Gasteiger partial charge in [0.1, 0.15) is 11.9 Å². The molecule has 3 rings (SSSR count). The molecule has 1 aromatic carbocycles. The normalized spacial score (nSPS) is 19.5. The number of nitrogens with two attached hydrogens (primary N) is 1. The second-order valence-corrected chi connectivity index (χ2v) is 5.94. The summed E-state index contributed by atoms with van der Waals surface area (Å²) in [5, 5.41) is 7.29. The van der Waals surface area contributed by atoms with E-state index in [9.17, 15) is 9.18 Å². The zero-order chi connectivity index (χ0) is 17.1. The van der Waals surface area contributed by atoms with Crippen LogP contribution in [0.1, 0.15) is 24.1 Å². The van der Waals surface area contributed by atoms with Gasteiger partial charge in [-0.1, -0.05) is 0 Å². The number of amides is 1. The molecule has 0 unspecified atom stereocenters. The van der Waals surface area contributed by atoms with E-state index in [0.717, 1.165) is 23.4 Å². The fourth-order valence-corrected chi connectivity index (χ4v) is 2.76. The lowest BCUT2D eigenvalue weighted by Crippen LogP contribution is -2.35. The maximum absolute atomic E-state index is 13.0. The average molecular weight is 369 g/mol. The molecule has 1 aliphatic rings. The van der Waals surface area contributed by atoms with Gasteiger partial charge in [-0.2, -0.15) is 5.10 Å². The Labute approximate surface area is 151 Å². The molecule has 3 N–H and O–H groups in total. The van der Waals surface area contributed by atoms with Crippen molar-refractivity contribution in [3.05, 3.63) is 47.5 Å². The number of aryl methyl sites for hydroxylation is 1. The quantitative estimate of drug-likeness (QED) is 0.844. The summed E-state index contributed by atoms with van der Waals surface area (Å²) in [4.78, 5) is 12.2. The summed E-state index contributed by atoms with van der Waals surface area (Å²) >= 11 is 0. The van der Waals surface area contributed by atoms with Crippen LogP contribution >= 0.6 is 12.4 Å². The summed E-state index contributed by atoms with van der Waals surface area (Å²) in [6.07, 6.45) is 2.90. The number of ether oxygens (including phenoxy) is 1. The molecule has 0 bridgehead atoms. The van der Waals surface area contributed by atoms with E-state index in [2.05, 4.69) is 10.4 Å². The van der Waals surface area contributed by atoms with E-state index < -0.39 is 6.10 Å². The topological polar surface area (TPSA) is 82.2 Å². The summed E-state index contributed by atoms with van der Waals surface area (Å²) < 4.78 is 20.3. The van der Waals surface area contributed by atoms with Gasteiger partial charge >= 0.3 is 0 Å². The van der Waals surface area contributed by atoms with Crippen molar-refractivity contribution >= 4 is 18.3 Å². The van der Waals surface area contributed by atoms with E-state index in [1.807, 2.05) is 13.1 Å². The van der Waals surface area contributed by atoms with Gasteiger partial charge in [0.25, 0.3) is 0 Å². The molecule has 1 aromatic heterocycles. The highest BCUT2D eigenvalue weighted by molar-refractivity contribution is 5.85. The molecule has 0 spiro atoms. The van der Waals surface area contributed by atoms with Crippen LogP contribution in [0.5, 0.6) is 0 Å². The molecule has 2 aromatic rings. The van der Waals surface area contributed by atoms with Crippen molar-refractivity contribution < 1.29 is 13.9 Å². The molecular weight excluding hydrogens is 347 g/mol. The van der Waals surface area contributed by atoms with Gasteiger partial charge in [-0.25, -0.2) is 9.07 Å². The molecule has 1 fully saturated rings. The van der Waals surface area contributed by atoms with Crippen molar-refractivity contribution in [2.45, 2.75) is 38.5 Å². The van der Waals surface area contributed by atoms with Crippen LogP contribution in [0.2, 0.25) is 0 Å². The molecule has 2 atom stereocenters. The lowest BCUT2D eigenvalue weighted by atomic mass is 10.2. The third-order valence-corrected chi connectivity index (χ3v) is 4.21. The lowest BCUT2D eigenvalue weighted by molar-refractivity contribution is -0.132. The molecule has 2 heterocycles. The smallest absolute Gasteiger partial charge is 0.249 e. The van der Waals surface area contributed by atoms with Crippen molar-refractivity contribution in [2.75, 3.05) is 6.54 Å². The molecule has 25 heavy (non-hydrogen) atoms. The average Bonchev–Trinajstić information content (AvgIpc) is 3.20. The van der Waals surface area contributed by atoms with Gasteiger partial charge < -0.3 is 15.8 Å². The van der Waals surface area contributed by atoms with E-state index in [-0.39, 0.29) is 30.2 Å². The van der Waals surface area contributed by atoms with E-state index >= 15 is 0 Å². The van der Waals surface area contributed by atoms with Crippen LogP contribution in [0.3, 0.4) is 0 Å². The number of carbonyl (C=O) groups excluding carboxylic acids is 1. The molecule has 0 aliphatic carbocycles. The molecule has 8 heteroatoms. The van der Waals surface area contributed by atoms with E-state index in [0.29, 0.717) is 19.5 Å². The predicted molar refractivity (Wildman–Crippen MR) is 94.3 cm³/mol. The SMILES string of the molecule is Cc1nn(-c2ccc(F)cc2)cc1CNC(=O)[C@@H]1CC[C@H](CN)O1.Cl. The summed E-state index contributed by atoms with van der Waals surface area (Å²) in [7, 11) is 0. The van der Waals surface area contributed by atoms with Crippen LogP contribution in [-0.4, -0.2) is 34.4 Å². The monoisotopic (exact) mass is 368 g/mol. The fraction of sp³-hybridized carbons (Fsp3) is 0.412. The Hall–Kier alpha value is -1.96. The zero-order valence-electron chi connectivity index (χ0n) is 13.9. The maximum atomic E-state index is 13.0. The second kappa shape index (κ2) is 8.42. The maximum Gasteiger partial charge on any atom is 0.249 e. The van der Waals surface area contributed by atoms with Gasteiger partial charge in [-0.3, -0.25) is 4.79 Å². The highest BCUT2D eigenvalue weighted by Crippen LogP contribution is 2.19. The predicted octanol–water partition coefficient (Wildman–Crippen LogP) is 1.86. The summed E-state index contributed by atoms with van der Waals surface area (Å²) in [6.45, 7) is 2.68. The Kier molecular flexibility index (Phi) is 6.52. The van der Waals surface area contributed by atoms with Crippen LogP contribution in [0.4, 0.5) is 4.39 Å². The number of aromatic nitrogens is 2. The number of carbonyl (C=O) groups is 1. The molecule has 1 aliphatic heterocycles. The lowest BCUT2D eigenvalue weighted by Gasteiger charge is -2.12. The first-order chi connectivity index (χ1) is 11.6. The largest absolute Gasteiger partial charge is 0.364 e. The summed E-state index contributed by atoms with van der Waals surface area (Å²) in [5.74, 6) is -0.414. The highest BCUT2D eigenvalue weighted by atomic mass is 35.5. The Morgan fingerprint density at radius 3 is 2.76 bits per heavy atom. The van der Waals surface area contributed by atoms with Crippen LogP contribution in [0.15, 0.2) is 30.5 Å². The number of nitrogens with one attached hydrogen (secondary N) is 1. The minimum absolute atomic E-state index is 0. The van der Waals surface area contributed by atoms with Crippen molar-refractivity contribution in [1.29, 1.82) is 0 Å². The summed E-state index contributed by atoms with van der Waals surface area (Å²) in [5.41, 5.74) is 8.04. The first-order valence-electron chi connectivity index (χ1n) is 8.01. The third-order valence-electron chi connectivity index (χ3n) is 4.21. The Morgan fingerprint density at radius 2 is 2.12 bits per heavy atom. The van der Waals surface area contributed by atoms with Crippen LogP contribution < -0.4 is 11.1 Å². The number of hydrogen-bond acceptors (Lipinski definition) is 4. The van der Waals surface area contributed by atoms with Crippen LogP contribution in [-0.2, 0) is 16.1 Å². The highest BCUT2D eigenvalue weighted by Gasteiger charge is 2.29. The number of nitrogens with zero attached hydrogens (tertiary/aromatic N) is 2. The van der Waals surface area contributed by atoms with Crippen molar-refractivity contribution in [2.24, 2.45) is 5.73 Å². The van der Waals surface area contributed by atoms with Gasteiger partial charge in [-0.05, 0) is 44.0 Å². The number of rotatable bonds is 5. The van der Waals surface area contributed by atoms with Gasteiger partial charge in [0.15, 0.2) is 0 Å². The summed E-state index contributed by atoms with van der Waals surface area (Å²) in [6, 6.07) is 6.09. The number of benzene rings is 1. The zero-order valence-corrected chi connectivity index (χ0v) is 14.8. The Balaban J connectivity index is 0.00000225. The number of hydrogen-bond donors (Lipinski definition) is 2. The first-order valence-corrected chi connectivity index (χ1v) is 8.01. The Bertz CT molecular complexity index is 720. The number of halogens is 2.